The molecule has 1 aliphatic carbocycles. The van der Waals surface area contributed by atoms with Crippen molar-refractivity contribution in [2.45, 2.75) is 12.3 Å². The summed E-state index contributed by atoms with van der Waals surface area (Å²) in [6, 6.07) is 49.2. The molecule has 1 atom stereocenters. The minimum absolute atomic E-state index is 0.413. The van der Waals surface area contributed by atoms with E-state index in [1.165, 1.54) is 60.8 Å². The van der Waals surface area contributed by atoms with Crippen LogP contribution in [0.15, 0.2) is 138 Å². The summed E-state index contributed by atoms with van der Waals surface area (Å²) in [4.78, 5) is 0. The second-order valence-corrected chi connectivity index (χ2v) is 10.9. The van der Waals surface area contributed by atoms with E-state index in [2.05, 4.69) is 156 Å². The molecule has 0 N–H and O–H groups in total. The number of benzene rings is 6. The normalized spacial score (nSPS) is 15.9. The fourth-order valence-electron chi connectivity index (χ4n) is 6.22. The highest BCUT2D eigenvalue weighted by Gasteiger charge is 2.46. The minimum Gasteiger partial charge on any atom is -0.0622 e. The van der Waals surface area contributed by atoms with E-state index in [0.29, 0.717) is 0 Å². The Morgan fingerprint density at radius 1 is 0.514 bits per heavy atom. The molecule has 0 spiro atoms. The first-order valence-electron chi connectivity index (χ1n) is 12.7. The number of halogens is 1. The third kappa shape index (κ3) is 3.35. The van der Waals surface area contributed by atoms with E-state index < -0.39 is 5.41 Å². The van der Waals surface area contributed by atoms with Gasteiger partial charge in [0.05, 0.1) is 5.41 Å². The summed E-state index contributed by atoms with van der Waals surface area (Å²) in [6.45, 7) is 2.16. The highest BCUT2D eigenvalue weighted by molar-refractivity contribution is 9.10. The Balaban J connectivity index is 1.60. The van der Waals surface area contributed by atoms with Crippen LogP contribution in [-0.4, -0.2) is 0 Å². The van der Waals surface area contributed by atoms with Crippen molar-refractivity contribution in [1.29, 1.82) is 0 Å². The van der Waals surface area contributed by atoms with Crippen molar-refractivity contribution in [3.05, 3.63) is 166 Å². The van der Waals surface area contributed by atoms with Crippen molar-refractivity contribution in [3.63, 3.8) is 0 Å². The molecule has 0 heterocycles. The lowest BCUT2D eigenvalue weighted by molar-refractivity contribution is 0.767. The first kappa shape index (κ1) is 22.3. The summed E-state index contributed by atoms with van der Waals surface area (Å²) < 4.78 is 1.10. The summed E-state index contributed by atoms with van der Waals surface area (Å²) in [6.07, 6.45) is 0. The lowest BCUT2D eigenvalue weighted by Gasteiger charge is -2.34. The van der Waals surface area contributed by atoms with Gasteiger partial charge in [0, 0.05) is 4.47 Å². The predicted octanol–water partition coefficient (Wildman–Crippen LogP) is 9.94. The van der Waals surface area contributed by atoms with Crippen LogP contribution in [0.2, 0.25) is 0 Å². The van der Waals surface area contributed by atoms with Gasteiger partial charge in [0.1, 0.15) is 0 Å². The topological polar surface area (TPSA) is 0 Å². The lowest BCUT2D eigenvalue weighted by atomic mass is 9.67. The van der Waals surface area contributed by atoms with E-state index >= 15 is 0 Å². The average molecular weight is 538 g/mol. The van der Waals surface area contributed by atoms with Crippen molar-refractivity contribution in [2.24, 2.45) is 0 Å². The maximum absolute atomic E-state index is 3.80. The first-order chi connectivity index (χ1) is 18.2. The Hall–Kier alpha value is -3.94. The van der Waals surface area contributed by atoms with E-state index in [9.17, 15) is 0 Å². The number of fused-ring (bicyclic) bond motifs is 4. The van der Waals surface area contributed by atoms with Gasteiger partial charge in [-0.15, -0.1) is 0 Å². The molecule has 6 aromatic rings. The van der Waals surface area contributed by atoms with Gasteiger partial charge in [-0.1, -0.05) is 137 Å². The molecule has 0 fully saturated rings. The van der Waals surface area contributed by atoms with Crippen LogP contribution in [0.1, 0.15) is 27.8 Å². The highest BCUT2D eigenvalue weighted by Crippen LogP contribution is 2.57. The fraction of sp³-hybridized carbons (Fsp3) is 0.0556. The van der Waals surface area contributed by atoms with Gasteiger partial charge in [0.2, 0.25) is 0 Å². The molecule has 0 saturated heterocycles. The van der Waals surface area contributed by atoms with E-state index in [-0.39, 0.29) is 0 Å². The Kier molecular flexibility index (Phi) is 5.16. The van der Waals surface area contributed by atoms with Crippen LogP contribution in [0.25, 0.3) is 33.0 Å². The fourth-order valence-corrected chi connectivity index (χ4v) is 6.58. The highest BCUT2D eigenvalue weighted by atomic mass is 79.9. The molecule has 176 valence electrons. The van der Waals surface area contributed by atoms with Gasteiger partial charge in [-0.3, -0.25) is 0 Å². The molecule has 1 heteroatoms. The van der Waals surface area contributed by atoms with Crippen LogP contribution in [0.5, 0.6) is 0 Å². The molecule has 0 radical (unpaired) electrons. The third-order valence-corrected chi connectivity index (χ3v) is 8.38. The summed E-state index contributed by atoms with van der Waals surface area (Å²) in [5, 5.41) is 2.55. The number of hydrogen-bond acceptors (Lipinski definition) is 0. The van der Waals surface area contributed by atoms with Gasteiger partial charge in [-0.25, -0.2) is 0 Å². The molecule has 0 amide bonds. The molecule has 0 aromatic heterocycles. The Morgan fingerprint density at radius 2 is 1.16 bits per heavy atom. The zero-order chi connectivity index (χ0) is 25.0. The zero-order valence-electron chi connectivity index (χ0n) is 20.6. The molecule has 37 heavy (non-hydrogen) atoms. The third-order valence-electron chi connectivity index (χ3n) is 7.89. The van der Waals surface area contributed by atoms with E-state index in [4.69, 9.17) is 0 Å². The van der Waals surface area contributed by atoms with Gasteiger partial charge in [0.15, 0.2) is 0 Å². The van der Waals surface area contributed by atoms with Crippen LogP contribution >= 0.6 is 15.9 Å². The largest absolute Gasteiger partial charge is 0.0714 e. The second kappa shape index (κ2) is 8.57. The Labute approximate surface area is 226 Å². The molecular weight excluding hydrogens is 512 g/mol. The van der Waals surface area contributed by atoms with E-state index in [1.807, 2.05) is 0 Å². The summed E-state index contributed by atoms with van der Waals surface area (Å²) >= 11 is 3.80. The molecule has 0 nitrogen and oxygen atoms in total. The van der Waals surface area contributed by atoms with Crippen molar-refractivity contribution in [3.8, 4) is 22.3 Å². The monoisotopic (exact) mass is 536 g/mol. The lowest BCUT2D eigenvalue weighted by Crippen LogP contribution is -2.28. The van der Waals surface area contributed by atoms with Crippen LogP contribution in [0.4, 0.5) is 0 Å². The molecule has 7 rings (SSSR count). The SMILES string of the molecule is Cc1ccc(C2(c3ccccc3)c3cc(Br)ccc3-c3ccc(-c4cccc5ccccc45)cc32)cc1. The maximum atomic E-state index is 3.80. The molecule has 0 saturated carbocycles. The van der Waals surface area contributed by atoms with Crippen LogP contribution in [0.3, 0.4) is 0 Å². The van der Waals surface area contributed by atoms with Gasteiger partial charge in [-0.05, 0) is 80.4 Å². The van der Waals surface area contributed by atoms with Gasteiger partial charge < -0.3 is 0 Å². The number of aryl methyl sites for hydroxylation is 1. The standard InChI is InChI=1S/C36H25Br/c1-24-14-17-28(18-15-24)36(27-10-3-2-4-11-27)34-22-26(31-13-7-9-25-8-5-6-12-30(25)31)16-20-32(34)33-21-19-29(37)23-35(33)36/h2-23H,1H3. The van der Waals surface area contributed by atoms with Crippen molar-refractivity contribution >= 4 is 26.7 Å². The zero-order valence-corrected chi connectivity index (χ0v) is 22.2. The average Bonchev–Trinajstić information content (AvgIpc) is 3.23. The molecule has 0 aliphatic heterocycles. The van der Waals surface area contributed by atoms with Crippen LogP contribution < -0.4 is 0 Å². The molecular formula is C36H25Br. The molecule has 6 aromatic carbocycles. The Morgan fingerprint density at radius 3 is 1.97 bits per heavy atom. The van der Waals surface area contributed by atoms with Crippen molar-refractivity contribution in [1.82, 2.24) is 0 Å². The number of rotatable bonds is 3. The molecule has 1 unspecified atom stereocenters. The predicted molar refractivity (Wildman–Crippen MR) is 159 cm³/mol. The van der Waals surface area contributed by atoms with E-state index in [1.54, 1.807) is 0 Å². The summed E-state index contributed by atoms with van der Waals surface area (Å²) in [5.74, 6) is 0. The maximum Gasteiger partial charge on any atom is 0.0714 e. The van der Waals surface area contributed by atoms with Crippen LogP contribution in [0, 0.1) is 6.92 Å². The van der Waals surface area contributed by atoms with E-state index in [0.717, 1.165) is 4.47 Å². The quantitative estimate of drug-likeness (QED) is 0.210. The van der Waals surface area contributed by atoms with Gasteiger partial charge >= 0.3 is 0 Å². The summed E-state index contributed by atoms with van der Waals surface area (Å²) in [5.41, 5.74) is 11.2. The number of hydrogen-bond donors (Lipinski definition) is 0. The van der Waals surface area contributed by atoms with Crippen LogP contribution in [-0.2, 0) is 5.41 Å². The van der Waals surface area contributed by atoms with Gasteiger partial charge in [-0.2, -0.15) is 0 Å². The molecule has 1 aliphatic rings. The Bertz CT molecular complexity index is 1780. The summed E-state index contributed by atoms with van der Waals surface area (Å²) in [7, 11) is 0. The van der Waals surface area contributed by atoms with Crippen molar-refractivity contribution in [2.75, 3.05) is 0 Å². The second-order valence-electron chi connectivity index (χ2n) is 9.96. The minimum atomic E-state index is -0.413. The molecule has 0 bridgehead atoms. The first-order valence-corrected chi connectivity index (χ1v) is 13.5. The van der Waals surface area contributed by atoms with Gasteiger partial charge in [0.25, 0.3) is 0 Å². The van der Waals surface area contributed by atoms with Crippen molar-refractivity contribution < 1.29 is 0 Å². The smallest absolute Gasteiger partial charge is 0.0622 e.